The summed E-state index contributed by atoms with van der Waals surface area (Å²) in [6.07, 6.45) is 2.51. The van der Waals surface area contributed by atoms with Crippen LogP contribution in [0.15, 0.2) is 18.2 Å². The van der Waals surface area contributed by atoms with Crippen molar-refractivity contribution in [2.24, 2.45) is 0 Å². The summed E-state index contributed by atoms with van der Waals surface area (Å²) in [6.45, 7) is 2.15. The van der Waals surface area contributed by atoms with Gasteiger partial charge in [0.05, 0.1) is 20.3 Å². The Balaban J connectivity index is 1.52. The molecule has 3 fully saturated rings. The Labute approximate surface area is 147 Å². The lowest BCUT2D eigenvalue weighted by Crippen LogP contribution is -2.43. The van der Waals surface area contributed by atoms with E-state index in [1.54, 1.807) is 19.1 Å². The van der Waals surface area contributed by atoms with E-state index in [2.05, 4.69) is 4.90 Å². The molecule has 4 rings (SSSR count). The predicted octanol–water partition coefficient (Wildman–Crippen LogP) is 1.71. The van der Waals surface area contributed by atoms with Gasteiger partial charge in [0.1, 0.15) is 17.5 Å². The second-order valence-electron chi connectivity index (χ2n) is 6.80. The predicted molar refractivity (Wildman–Crippen MR) is 92.1 cm³/mol. The van der Waals surface area contributed by atoms with Crippen LogP contribution >= 0.6 is 0 Å². The molecule has 2 unspecified atom stereocenters. The van der Waals surface area contributed by atoms with E-state index >= 15 is 0 Å². The van der Waals surface area contributed by atoms with Crippen molar-refractivity contribution in [1.29, 1.82) is 0 Å². The van der Waals surface area contributed by atoms with Crippen molar-refractivity contribution in [2.75, 3.05) is 38.8 Å². The first-order valence-electron chi connectivity index (χ1n) is 8.74. The average molecular weight is 345 g/mol. The molecule has 7 nitrogen and oxygen atoms in total. The highest BCUT2D eigenvalue weighted by Crippen LogP contribution is 2.34. The molecular formula is C18H23N3O4. The molecule has 3 heterocycles. The zero-order valence-electron chi connectivity index (χ0n) is 14.6. The Morgan fingerprint density at radius 2 is 1.72 bits per heavy atom. The summed E-state index contributed by atoms with van der Waals surface area (Å²) >= 11 is 0. The van der Waals surface area contributed by atoms with Gasteiger partial charge in [-0.2, -0.15) is 0 Å². The third-order valence-corrected chi connectivity index (χ3v) is 5.46. The molecule has 25 heavy (non-hydrogen) atoms. The molecule has 3 saturated heterocycles. The molecule has 3 aliphatic heterocycles. The fourth-order valence-corrected chi connectivity index (χ4v) is 4.14. The molecule has 7 heteroatoms. The van der Waals surface area contributed by atoms with E-state index in [4.69, 9.17) is 9.47 Å². The van der Waals surface area contributed by atoms with Gasteiger partial charge in [0.25, 0.3) is 5.91 Å². The summed E-state index contributed by atoms with van der Waals surface area (Å²) in [5, 5.41) is 0. The molecule has 134 valence electrons. The maximum absolute atomic E-state index is 12.6. The summed E-state index contributed by atoms with van der Waals surface area (Å²) in [7, 11) is 3.25. The zero-order chi connectivity index (χ0) is 17.6. The van der Waals surface area contributed by atoms with Crippen LogP contribution in [0.3, 0.4) is 0 Å². The van der Waals surface area contributed by atoms with E-state index in [9.17, 15) is 9.59 Å². The van der Waals surface area contributed by atoms with E-state index in [1.807, 2.05) is 18.2 Å². The summed E-state index contributed by atoms with van der Waals surface area (Å²) in [5.74, 6) is 1.44. The monoisotopic (exact) mass is 345 g/mol. The van der Waals surface area contributed by atoms with Crippen molar-refractivity contribution >= 4 is 17.6 Å². The SMILES string of the molecule is COc1cc(OC)cc(N2CCC(N3C(=O)C4CCCN4C3=O)C2)c1. The maximum Gasteiger partial charge on any atom is 0.327 e. The van der Waals surface area contributed by atoms with Crippen LogP contribution in [0.1, 0.15) is 19.3 Å². The lowest BCUT2D eigenvalue weighted by Gasteiger charge is -2.24. The number of ether oxygens (including phenoxy) is 2. The second-order valence-corrected chi connectivity index (χ2v) is 6.80. The Hall–Kier alpha value is -2.44. The van der Waals surface area contributed by atoms with Crippen molar-refractivity contribution < 1.29 is 19.1 Å². The van der Waals surface area contributed by atoms with Gasteiger partial charge in [-0.25, -0.2) is 4.79 Å². The summed E-state index contributed by atoms with van der Waals surface area (Å²) < 4.78 is 10.7. The molecule has 3 amide bonds. The minimum atomic E-state index is -0.224. The standard InChI is InChI=1S/C18H23N3O4/c1-24-14-8-13(9-15(10-14)25-2)19-7-5-12(11-19)21-17(22)16-4-3-6-20(16)18(21)23/h8-10,12,16H,3-7,11H2,1-2H3. The molecule has 1 aromatic rings. The molecule has 0 spiro atoms. The number of nitrogens with zero attached hydrogens (tertiary/aromatic N) is 3. The van der Waals surface area contributed by atoms with Gasteiger partial charge in [0, 0.05) is 43.5 Å². The van der Waals surface area contributed by atoms with E-state index in [1.165, 1.54) is 4.90 Å². The Morgan fingerprint density at radius 1 is 1.00 bits per heavy atom. The van der Waals surface area contributed by atoms with Gasteiger partial charge in [-0.3, -0.25) is 9.69 Å². The molecule has 0 aromatic heterocycles. The van der Waals surface area contributed by atoms with Crippen LogP contribution in [0.2, 0.25) is 0 Å². The molecule has 0 N–H and O–H groups in total. The lowest BCUT2D eigenvalue weighted by molar-refractivity contribution is -0.129. The number of carbonyl (C=O) groups excluding carboxylic acids is 2. The lowest BCUT2D eigenvalue weighted by atomic mass is 10.2. The largest absolute Gasteiger partial charge is 0.497 e. The van der Waals surface area contributed by atoms with E-state index in [0.717, 1.165) is 43.0 Å². The minimum Gasteiger partial charge on any atom is -0.497 e. The number of rotatable bonds is 4. The van der Waals surface area contributed by atoms with Crippen molar-refractivity contribution in [2.45, 2.75) is 31.3 Å². The Morgan fingerprint density at radius 3 is 2.36 bits per heavy atom. The Bertz CT molecular complexity index is 663. The van der Waals surface area contributed by atoms with Crippen molar-refractivity contribution in [3.8, 4) is 11.5 Å². The number of carbonyl (C=O) groups is 2. The van der Waals surface area contributed by atoms with Crippen molar-refractivity contribution in [3.05, 3.63) is 18.2 Å². The van der Waals surface area contributed by atoms with Gasteiger partial charge >= 0.3 is 6.03 Å². The summed E-state index contributed by atoms with van der Waals surface area (Å²) in [6, 6.07) is 5.34. The van der Waals surface area contributed by atoms with Gasteiger partial charge in [-0.1, -0.05) is 0 Å². The molecule has 0 radical (unpaired) electrons. The molecular weight excluding hydrogens is 322 g/mol. The van der Waals surface area contributed by atoms with Gasteiger partial charge < -0.3 is 19.3 Å². The van der Waals surface area contributed by atoms with E-state index in [0.29, 0.717) is 13.1 Å². The molecule has 2 atom stereocenters. The first-order valence-corrected chi connectivity index (χ1v) is 8.74. The number of fused-ring (bicyclic) bond motifs is 1. The van der Waals surface area contributed by atoms with Gasteiger partial charge in [0.2, 0.25) is 0 Å². The van der Waals surface area contributed by atoms with Crippen LogP contribution < -0.4 is 14.4 Å². The highest BCUT2D eigenvalue weighted by Gasteiger charge is 2.50. The first-order chi connectivity index (χ1) is 12.1. The van der Waals surface area contributed by atoms with Crippen LogP contribution in [-0.2, 0) is 4.79 Å². The normalized spacial score (nSPS) is 25.8. The number of anilines is 1. The van der Waals surface area contributed by atoms with Crippen LogP contribution in [0, 0.1) is 0 Å². The van der Waals surface area contributed by atoms with Gasteiger partial charge in [-0.05, 0) is 19.3 Å². The van der Waals surface area contributed by atoms with Crippen LogP contribution in [0.4, 0.5) is 10.5 Å². The molecule has 0 saturated carbocycles. The third kappa shape index (κ3) is 2.58. The number of methoxy groups -OCH3 is 2. The third-order valence-electron chi connectivity index (χ3n) is 5.46. The van der Waals surface area contributed by atoms with Crippen LogP contribution in [-0.4, -0.2) is 67.7 Å². The molecule has 0 aliphatic carbocycles. The highest BCUT2D eigenvalue weighted by atomic mass is 16.5. The zero-order valence-corrected chi connectivity index (χ0v) is 14.6. The average Bonchev–Trinajstić information content (AvgIpc) is 3.34. The van der Waals surface area contributed by atoms with Gasteiger partial charge in [-0.15, -0.1) is 0 Å². The highest BCUT2D eigenvalue weighted by molar-refractivity contribution is 6.05. The number of hydrogen-bond acceptors (Lipinski definition) is 5. The van der Waals surface area contributed by atoms with Gasteiger partial charge in [0.15, 0.2) is 0 Å². The fraction of sp³-hybridized carbons (Fsp3) is 0.556. The second kappa shape index (κ2) is 6.13. The number of amides is 3. The topological polar surface area (TPSA) is 62.3 Å². The summed E-state index contributed by atoms with van der Waals surface area (Å²) in [4.78, 5) is 30.7. The van der Waals surface area contributed by atoms with E-state index in [-0.39, 0.29) is 24.0 Å². The number of imide groups is 1. The maximum atomic E-state index is 12.6. The first kappa shape index (κ1) is 16.1. The smallest absolute Gasteiger partial charge is 0.327 e. The van der Waals surface area contributed by atoms with Crippen LogP contribution in [0.25, 0.3) is 0 Å². The number of hydrogen-bond donors (Lipinski definition) is 0. The molecule has 1 aromatic carbocycles. The number of urea groups is 1. The fourth-order valence-electron chi connectivity index (χ4n) is 4.14. The van der Waals surface area contributed by atoms with Crippen molar-refractivity contribution in [1.82, 2.24) is 9.80 Å². The molecule has 3 aliphatic rings. The summed E-state index contributed by atoms with van der Waals surface area (Å²) in [5.41, 5.74) is 0.985. The number of benzene rings is 1. The quantitative estimate of drug-likeness (QED) is 0.778. The van der Waals surface area contributed by atoms with Crippen molar-refractivity contribution in [3.63, 3.8) is 0 Å². The minimum absolute atomic E-state index is 0.0161. The van der Waals surface area contributed by atoms with E-state index < -0.39 is 0 Å². The van der Waals surface area contributed by atoms with Crippen LogP contribution in [0.5, 0.6) is 11.5 Å². The Kier molecular flexibility index (Phi) is 3.94. The molecule has 0 bridgehead atoms.